The van der Waals surface area contributed by atoms with Crippen LogP contribution in [0, 0.1) is 0 Å². The predicted octanol–water partition coefficient (Wildman–Crippen LogP) is 3.72. The molecule has 24 heavy (non-hydrogen) atoms. The van der Waals surface area contributed by atoms with Crippen molar-refractivity contribution in [1.82, 2.24) is 14.4 Å². The van der Waals surface area contributed by atoms with E-state index in [0.29, 0.717) is 6.04 Å². The first-order chi connectivity index (χ1) is 11.4. The lowest BCUT2D eigenvalue weighted by atomic mass is 9.98. The Kier molecular flexibility index (Phi) is 5.33. The van der Waals surface area contributed by atoms with Gasteiger partial charge in [-0.3, -0.25) is 4.79 Å². The van der Waals surface area contributed by atoms with E-state index in [4.69, 9.17) is 0 Å². The molecule has 0 N–H and O–H groups in total. The second-order valence-corrected chi connectivity index (χ2v) is 8.46. The minimum absolute atomic E-state index is 0.0234. The summed E-state index contributed by atoms with van der Waals surface area (Å²) in [7, 11) is 0. The Balaban J connectivity index is 1.65. The van der Waals surface area contributed by atoms with Crippen LogP contribution in [0.25, 0.3) is 0 Å². The molecular formula is C20H33N3O. The lowest BCUT2D eigenvalue weighted by molar-refractivity contribution is 0.0587. The van der Waals surface area contributed by atoms with Crippen LogP contribution in [0.5, 0.6) is 0 Å². The first kappa shape index (κ1) is 17.5. The van der Waals surface area contributed by atoms with Crippen LogP contribution >= 0.6 is 0 Å². The number of carbonyl (C=O) groups is 1. The number of aromatic nitrogens is 1. The number of likely N-dealkylation sites (tertiary alicyclic amines) is 2. The maximum atomic E-state index is 13.0. The minimum atomic E-state index is 0.0234. The van der Waals surface area contributed by atoms with Crippen molar-refractivity contribution in [1.29, 1.82) is 0 Å². The number of nitrogens with zero attached hydrogens (tertiary/aromatic N) is 3. The summed E-state index contributed by atoms with van der Waals surface area (Å²) in [6.07, 6.45) is 11.4. The molecule has 134 valence electrons. The normalized spacial score (nSPS) is 23.0. The molecule has 2 saturated heterocycles. The summed E-state index contributed by atoms with van der Waals surface area (Å²) in [5.74, 6) is 0.226. The van der Waals surface area contributed by atoms with E-state index in [-0.39, 0.29) is 11.4 Å². The quantitative estimate of drug-likeness (QED) is 0.841. The Bertz CT molecular complexity index is 551. The van der Waals surface area contributed by atoms with Gasteiger partial charge in [0.1, 0.15) is 0 Å². The number of hydrogen-bond acceptors (Lipinski definition) is 2. The van der Waals surface area contributed by atoms with Crippen LogP contribution in [0.1, 0.15) is 69.7 Å². The lowest BCUT2D eigenvalue weighted by Crippen LogP contribution is -2.45. The van der Waals surface area contributed by atoms with Gasteiger partial charge in [-0.1, -0.05) is 0 Å². The summed E-state index contributed by atoms with van der Waals surface area (Å²) >= 11 is 0. The summed E-state index contributed by atoms with van der Waals surface area (Å²) in [5.41, 5.74) is 0.869. The molecule has 3 heterocycles. The van der Waals surface area contributed by atoms with E-state index in [1.165, 1.54) is 38.8 Å². The first-order valence-corrected chi connectivity index (χ1v) is 9.67. The van der Waals surface area contributed by atoms with Gasteiger partial charge in [0.2, 0.25) is 0 Å². The number of carbonyl (C=O) groups excluding carboxylic acids is 1. The molecule has 1 atom stereocenters. The second-order valence-electron chi connectivity index (χ2n) is 8.46. The van der Waals surface area contributed by atoms with Crippen molar-refractivity contribution in [2.24, 2.45) is 0 Å². The monoisotopic (exact) mass is 331 g/mol. The number of rotatable bonds is 4. The molecule has 1 amide bonds. The highest BCUT2D eigenvalue weighted by molar-refractivity contribution is 5.94. The summed E-state index contributed by atoms with van der Waals surface area (Å²) in [5, 5.41) is 0. The van der Waals surface area contributed by atoms with E-state index >= 15 is 0 Å². The molecule has 1 aromatic heterocycles. The van der Waals surface area contributed by atoms with Gasteiger partial charge in [-0.15, -0.1) is 0 Å². The molecule has 0 spiro atoms. The van der Waals surface area contributed by atoms with Crippen molar-refractivity contribution >= 4 is 5.91 Å². The number of amides is 1. The summed E-state index contributed by atoms with van der Waals surface area (Å²) in [4.78, 5) is 17.8. The topological polar surface area (TPSA) is 28.5 Å². The maximum Gasteiger partial charge on any atom is 0.255 e. The second kappa shape index (κ2) is 7.30. The molecule has 0 unspecified atom stereocenters. The van der Waals surface area contributed by atoms with E-state index in [9.17, 15) is 4.79 Å². The molecule has 0 aliphatic carbocycles. The molecule has 0 bridgehead atoms. The van der Waals surface area contributed by atoms with E-state index in [1.807, 2.05) is 18.5 Å². The van der Waals surface area contributed by atoms with Gasteiger partial charge in [0.05, 0.1) is 5.56 Å². The van der Waals surface area contributed by atoms with Crippen molar-refractivity contribution in [2.45, 2.75) is 70.9 Å². The Morgan fingerprint density at radius 3 is 2.50 bits per heavy atom. The van der Waals surface area contributed by atoms with Crippen molar-refractivity contribution in [3.63, 3.8) is 0 Å². The van der Waals surface area contributed by atoms with Gasteiger partial charge in [-0.2, -0.15) is 0 Å². The van der Waals surface area contributed by atoms with Gasteiger partial charge >= 0.3 is 0 Å². The molecule has 2 aliphatic heterocycles. The Morgan fingerprint density at radius 2 is 1.83 bits per heavy atom. The molecule has 4 nitrogen and oxygen atoms in total. The van der Waals surface area contributed by atoms with E-state index in [2.05, 4.69) is 35.1 Å². The van der Waals surface area contributed by atoms with E-state index < -0.39 is 0 Å². The Labute approximate surface area is 146 Å². The largest absolute Gasteiger partial charge is 0.348 e. The van der Waals surface area contributed by atoms with Crippen LogP contribution < -0.4 is 0 Å². The highest BCUT2D eigenvalue weighted by Gasteiger charge is 2.29. The third kappa shape index (κ3) is 4.02. The van der Waals surface area contributed by atoms with Crippen LogP contribution in [0.2, 0.25) is 0 Å². The molecule has 0 aromatic carbocycles. The highest BCUT2D eigenvalue weighted by atomic mass is 16.2. The van der Waals surface area contributed by atoms with Crippen LogP contribution in [-0.4, -0.2) is 52.5 Å². The molecule has 2 aliphatic rings. The fourth-order valence-electron chi connectivity index (χ4n) is 4.01. The zero-order valence-electron chi connectivity index (χ0n) is 15.6. The first-order valence-electron chi connectivity index (χ1n) is 9.67. The summed E-state index contributed by atoms with van der Waals surface area (Å²) < 4.78 is 2.14. The van der Waals surface area contributed by atoms with Gasteiger partial charge in [-0.05, 0) is 78.5 Å². The molecule has 3 rings (SSSR count). The predicted molar refractivity (Wildman–Crippen MR) is 98.4 cm³/mol. The number of hydrogen-bond donors (Lipinski definition) is 0. The molecule has 1 aromatic rings. The van der Waals surface area contributed by atoms with Gasteiger partial charge in [0.15, 0.2) is 0 Å². The minimum Gasteiger partial charge on any atom is -0.348 e. The lowest BCUT2D eigenvalue weighted by Gasteiger charge is -2.36. The zero-order valence-corrected chi connectivity index (χ0v) is 15.6. The van der Waals surface area contributed by atoms with Crippen molar-refractivity contribution < 1.29 is 4.79 Å². The maximum absolute atomic E-state index is 13.0. The number of piperidine rings is 1. The average Bonchev–Trinajstić information content (AvgIpc) is 3.23. The van der Waals surface area contributed by atoms with Crippen LogP contribution in [0.3, 0.4) is 0 Å². The smallest absolute Gasteiger partial charge is 0.255 e. The third-order valence-electron chi connectivity index (χ3n) is 5.58. The SMILES string of the molecule is CC(C)(C)n1ccc(C(=O)N2CCCC[C@@H]2CCN2CCCC2)c1. The van der Waals surface area contributed by atoms with E-state index in [0.717, 1.165) is 31.5 Å². The fraction of sp³-hybridized carbons (Fsp3) is 0.750. The molecular weight excluding hydrogens is 298 g/mol. The zero-order chi connectivity index (χ0) is 17.2. The summed E-state index contributed by atoms with van der Waals surface area (Å²) in [6, 6.07) is 2.41. The van der Waals surface area contributed by atoms with Gasteiger partial charge in [0.25, 0.3) is 5.91 Å². The molecule has 0 saturated carbocycles. The highest BCUT2D eigenvalue weighted by Crippen LogP contribution is 2.24. The molecule has 2 fully saturated rings. The third-order valence-corrected chi connectivity index (χ3v) is 5.58. The molecule has 4 heteroatoms. The Hall–Kier alpha value is -1.29. The summed E-state index contributed by atoms with van der Waals surface area (Å²) in [6.45, 7) is 11.1. The standard InChI is InChI=1S/C20H33N3O/c1-20(2,3)22-15-9-17(16-22)19(24)23-13-5-4-8-18(23)10-14-21-11-6-7-12-21/h9,15-16,18H,4-8,10-14H2,1-3H3/t18-/m1/s1. The van der Waals surface area contributed by atoms with E-state index in [1.54, 1.807) is 0 Å². The van der Waals surface area contributed by atoms with Crippen molar-refractivity contribution in [3.05, 3.63) is 24.0 Å². The van der Waals surface area contributed by atoms with Crippen LogP contribution in [0.4, 0.5) is 0 Å². The van der Waals surface area contributed by atoms with Gasteiger partial charge in [0, 0.05) is 37.1 Å². The van der Waals surface area contributed by atoms with Gasteiger partial charge < -0.3 is 14.4 Å². The van der Waals surface area contributed by atoms with Crippen LogP contribution in [0.15, 0.2) is 18.5 Å². The Morgan fingerprint density at radius 1 is 1.12 bits per heavy atom. The fourth-order valence-corrected chi connectivity index (χ4v) is 4.01. The van der Waals surface area contributed by atoms with Crippen molar-refractivity contribution in [3.8, 4) is 0 Å². The van der Waals surface area contributed by atoms with Gasteiger partial charge in [-0.25, -0.2) is 0 Å². The van der Waals surface area contributed by atoms with Crippen molar-refractivity contribution in [2.75, 3.05) is 26.2 Å². The van der Waals surface area contributed by atoms with Crippen LogP contribution in [-0.2, 0) is 5.54 Å². The average molecular weight is 332 g/mol. The molecule has 0 radical (unpaired) electrons.